The number of aromatic nitrogens is 1. The van der Waals surface area contributed by atoms with Crippen LogP contribution in [0.25, 0.3) is 32.8 Å². The van der Waals surface area contributed by atoms with Crippen LogP contribution >= 0.6 is 0 Å². The van der Waals surface area contributed by atoms with Crippen LogP contribution in [0.5, 0.6) is 11.5 Å². The van der Waals surface area contributed by atoms with Crippen molar-refractivity contribution < 1.29 is 34.7 Å². The molecule has 5 rings (SSSR count). The van der Waals surface area contributed by atoms with Gasteiger partial charge in [0.25, 0.3) is 0 Å². The summed E-state index contributed by atoms with van der Waals surface area (Å²) in [6, 6.07) is 18.9. The monoisotopic (exact) mass is 843 g/mol. The van der Waals surface area contributed by atoms with Crippen molar-refractivity contribution in [1.29, 1.82) is 0 Å². The zero-order chi connectivity index (χ0) is 34.9. The number of ether oxygens (including phenoxy) is 1. The zero-order valence-corrected chi connectivity index (χ0v) is 34.7. The first-order valence-electron chi connectivity index (χ1n) is 17.4. The van der Waals surface area contributed by atoms with Crippen LogP contribution in [0.15, 0.2) is 60.5 Å². The number of benzene rings is 3. The molecule has 0 fully saturated rings. The molecule has 0 atom stereocenters. The van der Waals surface area contributed by atoms with E-state index in [1.807, 2.05) is 47.7 Å². The van der Waals surface area contributed by atoms with Crippen LogP contribution in [-0.2, 0) is 31.3 Å². The van der Waals surface area contributed by atoms with E-state index in [1.54, 1.807) is 0 Å². The van der Waals surface area contributed by atoms with Crippen molar-refractivity contribution in [1.82, 2.24) is 4.98 Å². The molecule has 4 aromatic rings. The summed E-state index contributed by atoms with van der Waals surface area (Å²) >= 11 is 0. The van der Waals surface area contributed by atoms with Crippen LogP contribution < -0.4 is 9.92 Å². The second-order valence-electron chi connectivity index (χ2n) is 16.1. The summed E-state index contributed by atoms with van der Waals surface area (Å²) in [7, 11) is -1.49. The van der Waals surface area contributed by atoms with E-state index in [0.717, 1.165) is 65.6 Å². The summed E-state index contributed by atoms with van der Waals surface area (Å²) < 4.78 is 6.72. The normalized spacial score (nSPS) is 13.3. The average molecular weight is 843 g/mol. The number of aliphatic hydroxyl groups is 1. The molecule has 48 heavy (non-hydrogen) atoms. The van der Waals surface area contributed by atoms with Crippen LogP contribution in [0.4, 0.5) is 0 Å². The van der Waals surface area contributed by atoms with E-state index in [2.05, 4.69) is 88.9 Å². The second-order valence-corrected chi connectivity index (χ2v) is 21.2. The number of carbonyl (C=O) groups excluding carboxylic acids is 1. The number of allylic oxidation sites excluding steroid dienone is 2. The van der Waals surface area contributed by atoms with E-state index in [1.165, 1.54) is 27.6 Å². The molecule has 1 aromatic heterocycles. The summed E-state index contributed by atoms with van der Waals surface area (Å²) in [4.78, 5) is 17.0. The molecule has 3 aromatic carbocycles. The Hall–Kier alpha value is -2.79. The first-order chi connectivity index (χ1) is 21.9. The molecule has 1 aliphatic heterocycles. The van der Waals surface area contributed by atoms with Gasteiger partial charge in [0.1, 0.15) is 11.5 Å². The molecule has 0 spiro atoms. The molecule has 1 N–H and O–H groups in total. The quantitative estimate of drug-likeness (QED) is 0.0695. The van der Waals surface area contributed by atoms with Crippen LogP contribution in [0.3, 0.4) is 0 Å². The van der Waals surface area contributed by atoms with Gasteiger partial charge >= 0.3 is 0 Å². The minimum absolute atomic E-state index is 0. The van der Waals surface area contributed by atoms with Crippen molar-refractivity contribution >= 4 is 40.6 Å². The number of rotatable bonds is 9. The molecule has 1 aliphatic rings. The van der Waals surface area contributed by atoms with Gasteiger partial charge in [0, 0.05) is 54.3 Å². The van der Waals surface area contributed by atoms with Crippen LogP contribution in [-0.4, -0.2) is 23.9 Å². The van der Waals surface area contributed by atoms with Gasteiger partial charge in [0.05, 0.1) is 13.8 Å². The van der Waals surface area contributed by atoms with Crippen molar-refractivity contribution in [3.05, 3.63) is 72.1 Å². The van der Waals surface area contributed by atoms with Gasteiger partial charge in [0.15, 0.2) is 5.78 Å². The fourth-order valence-corrected chi connectivity index (χ4v) is 7.23. The topological polar surface area (TPSA) is 59.4 Å². The third kappa shape index (κ3) is 8.15. The first-order valence-corrected chi connectivity index (χ1v) is 20.9. The van der Waals surface area contributed by atoms with E-state index in [-0.39, 0.29) is 47.9 Å². The number of carbonyl (C=O) groups is 1. The maximum absolute atomic E-state index is 12.2. The Morgan fingerprint density at radius 3 is 2.08 bits per heavy atom. The van der Waals surface area contributed by atoms with Crippen LogP contribution in [0.2, 0.25) is 19.6 Å². The minimum Gasteiger partial charge on any atom is -0.512 e. The molecule has 0 saturated carbocycles. The summed E-state index contributed by atoms with van der Waals surface area (Å²) in [6.07, 6.45) is 7.62. The van der Waals surface area contributed by atoms with Crippen molar-refractivity contribution in [2.24, 2.45) is 16.2 Å². The predicted octanol–water partition coefficient (Wildman–Crippen LogP) is 11.7. The van der Waals surface area contributed by atoms with Gasteiger partial charge in [-0.25, -0.2) is 0 Å². The summed E-state index contributed by atoms with van der Waals surface area (Å²) in [5, 5.41) is 16.2. The molecule has 2 heterocycles. The SMILES string of the molecule is CC(C)(C)Cc1c2c([c-]c3ccccc13)-c1nccc3cc([Si](C)(C)C)cc(c13)O2.CCC(C)(CC)C(=O)/C=C(\O)C(C)(CC)CC.[Ir]. The molecule has 6 heteroatoms. The number of nitrogens with zero attached hydrogens (tertiary/aromatic N) is 1. The Bertz CT molecular complexity index is 1800. The Labute approximate surface area is 304 Å². The van der Waals surface area contributed by atoms with E-state index in [4.69, 9.17) is 9.72 Å². The summed E-state index contributed by atoms with van der Waals surface area (Å²) in [6.45, 7) is 26.1. The van der Waals surface area contributed by atoms with E-state index < -0.39 is 8.07 Å². The van der Waals surface area contributed by atoms with Gasteiger partial charge < -0.3 is 9.84 Å². The van der Waals surface area contributed by atoms with Gasteiger partial charge in [-0.2, -0.15) is 0 Å². The third-order valence-electron chi connectivity index (χ3n) is 10.5. The molecule has 261 valence electrons. The molecule has 4 nitrogen and oxygen atoms in total. The van der Waals surface area contributed by atoms with Crippen molar-refractivity contribution in [2.75, 3.05) is 0 Å². The number of hydrogen-bond donors (Lipinski definition) is 1. The standard InChI is InChI=1S/C27H28NOSi.C15H28O2.Ir/c1-27(2,3)16-22-20-10-8-7-9-17(20)14-21-25-24-18(11-12-28-25)13-19(30(4,5)6)15-23(24)29-26(21)22;1-7-14(5,8-2)12(16)11-13(17)15(6,9-3)10-4;/h7-13,15H,16H2,1-6H3;11,16H,7-10H2,1-6H3;/q-1;;/b;12-11-;. The molecule has 1 radical (unpaired) electrons. The van der Waals surface area contributed by atoms with Crippen LogP contribution in [0.1, 0.15) is 93.6 Å². The van der Waals surface area contributed by atoms with Crippen LogP contribution in [0, 0.1) is 22.3 Å². The largest absolute Gasteiger partial charge is 0.512 e. The number of ketones is 1. The van der Waals surface area contributed by atoms with Gasteiger partial charge in [-0.15, -0.1) is 17.5 Å². The van der Waals surface area contributed by atoms with E-state index >= 15 is 0 Å². The van der Waals surface area contributed by atoms with Crippen molar-refractivity contribution in [2.45, 2.75) is 114 Å². The van der Waals surface area contributed by atoms with Crippen molar-refractivity contribution in [3.8, 4) is 22.8 Å². The average Bonchev–Trinajstić information content (AvgIpc) is 3.03. The third-order valence-corrected chi connectivity index (χ3v) is 12.5. The van der Waals surface area contributed by atoms with E-state index in [9.17, 15) is 9.90 Å². The number of aliphatic hydroxyl groups excluding tert-OH is 1. The van der Waals surface area contributed by atoms with Gasteiger partial charge in [-0.1, -0.05) is 128 Å². The number of pyridine rings is 1. The number of hydrogen-bond acceptors (Lipinski definition) is 4. The molecular formula is C42H56IrNO3Si-. The maximum Gasteiger partial charge on any atom is 0.164 e. The van der Waals surface area contributed by atoms with Gasteiger partial charge in [-0.3, -0.25) is 9.78 Å². The Morgan fingerprint density at radius 1 is 0.917 bits per heavy atom. The Balaban J connectivity index is 0.000000301. The molecular weight excluding hydrogens is 787 g/mol. The molecule has 0 bridgehead atoms. The molecule has 0 unspecified atom stereocenters. The maximum atomic E-state index is 12.2. The first kappa shape index (κ1) is 39.6. The Morgan fingerprint density at radius 2 is 1.52 bits per heavy atom. The smallest absolute Gasteiger partial charge is 0.164 e. The van der Waals surface area contributed by atoms with E-state index in [0.29, 0.717) is 0 Å². The summed E-state index contributed by atoms with van der Waals surface area (Å²) in [5.41, 5.74) is 2.78. The van der Waals surface area contributed by atoms with Crippen molar-refractivity contribution in [3.63, 3.8) is 0 Å². The second kappa shape index (κ2) is 15.0. The molecule has 0 aliphatic carbocycles. The van der Waals surface area contributed by atoms with Gasteiger partial charge in [-0.05, 0) is 55.0 Å². The Kier molecular flexibility index (Phi) is 12.4. The predicted molar refractivity (Wildman–Crippen MR) is 203 cm³/mol. The zero-order valence-electron chi connectivity index (χ0n) is 31.3. The molecule has 0 amide bonds. The minimum atomic E-state index is -1.49. The van der Waals surface area contributed by atoms with Gasteiger partial charge in [0.2, 0.25) is 0 Å². The number of fused-ring (bicyclic) bond motifs is 3. The fraction of sp³-hybridized carbons (Fsp3) is 0.476. The summed E-state index contributed by atoms with van der Waals surface area (Å²) in [5.74, 6) is 2.16. The molecule has 0 saturated heterocycles. The fourth-order valence-electron chi connectivity index (χ4n) is 6.08.